The Balaban J connectivity index is 3.18. The van der Waals surface area contributed by atoms with Crippen LogP contribution < -0.4 is 5.43 Å². The summed E-state index contributed by atoms with van der Waals surface area (Å²) in [5.74, 6) is 0. The smallest absolute Gasteiger partial charge is 0.0572 e. The first-order chi connectivity index (χ1) is 4.35. The van der Waals surface area contributed by atoms with Gasteiger partial charge in [-0.05, 0) is 13.5 Å². The molecule has 0 rings (SSSR count). The molecule has 3 nitrogen and oxygen atoms in total. The summed E-state index contributed by atoms with van der Waals surface area (Å²) in [6, 6.07) is 0. The van der Waals surface area contributed by atoms with Gasteiger partial charge in [-0.15, -0.1) is 0 Å². The second kappa shape index (κ2) is 6.01. The molecule has 0 aliphatic carbocycles. The van der Waals surface area contributed by atoms with Gasteiger partial charge >= 0.3 is 0 Å². The minimum absolute atomic E-state index is 0.223. The quantitative estimate of drug-likeness (QED) is 0.510. The van der Waals surface area contributed by atoms with Crippen molar-refractivity contribution in [2.45, 2.75) is 13.3 Å². The summed E-state index contributed by atoms with van der Waals surface area (Å²) in [7, 11) is 1.87. The summed E-state index contributed by atoms with van der Waals surface area (Å²) in [5, 5.41) is 10.5. The predicted octanol–water partition coefficient (Wildman–Crippen LogP) is -0.175. The highest BCUT2D eigenvalue weighted by Gasteiger charge is 1.95. The van der Waals surface area contributed by atoms with Crippen molar-refractivity contribution in [2.75, 3.05) is 26.7 Å². The Morgan fingerprint density at radius 1 is 1.44 bits per heavy atom. The Morgan fingerprint density at radius 2 is 2.11 bits per heavy atom. The molecule has 3 heteroatoms. The van der Waals surface area contributed by atoms with Crippen molar-refractivity contribution in [2.24, 2.45) is 0 Å². The summed E-state index contributed by atoms with van der Waals surface area (Å²) in [6.07, 6.45) is 1.11. The third kappa shape index (κ3) is 4.39. The highest BCUT2D eigenvalue weighted by Crippen LogP contribution is 1.82. The minimum atomic E-state index is 0.223. The van der Waals surface area contributed by atoms with E-state index in [-0.39, 0.29) is 6.61 Å². The molecule has 2 N–H and O–H groups in total. The molecule has 0 heterocycles. The predicted molar refractivity (Wildman–Crippen MR) is 38.0 cm³/mol. The van der Waals surface area contributed by atoms with Crippen LogP contribution in [0.5, 0.6) is 0 Å². The van der Waals surface area contributed by atoms with E-state index < -0.39 is 0 Å². The highest BCUT2D eigenvalue weighted by atomic mass is 16.3. The molecule has 0 aliphatic rings. The van der Waals surface area contributed by atoms with Crippen LogP contribution in [0.4, 0.5) is 0 Å². The maximum absolute atomic E-state index is 8.51. The normalized spacial score (nSPS) is 10.7. The lowest BCUT2D eigenvalue weighted by Gasteiger charge is -2.18. The molecule has 0 saturated heterocycles. The molecule has 0 aliphatic heterocycles. The van der Waals surface area contributed by atoms with Crippen LogP contribution in [0.25, 0.3) is 0 Å². The number of aliphatic hydroxyl groups excluding tert-OH is 1. The second-order valence-electron chi connectivity index (χ2n) is 1.93. The highest BCUT2D eigenvalue weighted by molar-refractivity contribution is 4.45. The zero-order valence-electron chi connectivity index (χ0n) is 6.22. The summed E-state index contributed by atoms with van der Waals surface area (Å²) in [4.78, 5) is 0. The van der Waals surface area contributed by atoms with Gasteiger partial charge in [0, 0.05) is 13.1 Å². The van der Waals surface area contributed by atoms with Crippen LogP contribution in [0.3, 0.4) is 0 Å². The molecule has 56 valence electrons. The first kappa shape index (κ1) is 8.88. The van der Waals surface area contributed by atoms with Gasteiger partial charge in [0.05, 0.1) is 6.61 Å². The van der Waals surface area contributed by atoms with Crippen LogP contribution in [-0.2, 0) is 0 Å². The molecular weight excluding hydrogens is 116 g/mol. The third-order valence-corrected chi connectivity index (χ3v) is 1.18. The molecule has 0 aromatic heterocycles. The zero-order valence-corrected chi connectivity index (χ0v) is 6.22. The number of aliphatic hydroxyl groups is 1. The molecule has 0 radical (unpaired) electrons. The maximum atomic E-state index is 8.51. The van der Waals surface area contributed by atoms with Crippen molar-refractivity contribution in [1.29, 1.82) is 0 Å². The maximum Gasteiger partial charge on any atom is 0.0572 e. The van der Waals surface area contributed by atoms with Gasteiger partial charge in [0.1, 0.15) is 0 Å². The van der Waals surface area contributed by atoms with E-state index in [1.54, 1.807) is 0 Å². The van der Waals surface area contributed by atoms with E-state index in [2.05, 4.69) is 12.3 Å². The van der Waals surface area contributed by atoms with E-state index in [0.717, 1.165) is 13.0 Å². The zero-order chi connectivity index (χ0) is 7.11. The Kier molecular flexibility index (Phi) is 5.93. The Hall–Kier alpha value is -0.120. The average Bonchev–Trinajstić information content (AvgIpc) is 1.88. The van der Waals surface area contributed by atoms with Gasteiger partial charge in [0.15, 0.2) is 0 Å². The summed E-state index contributed by atoms with van der Waals surface area (Å²) < 4.78 is 0. The van der Waals surface area contributed by atoms with E-state index in [1.807, 2.05) is 12.1 Å². The third-order valence-electron chi connectivity index (χ3n) is 1.18. The second-order valence-corrected chi connectivity index (χ2v) is 1.93. The minimum Gasteiger partial charge on any atom is -0.395 e. The van der Waals surface area contributed by atoms with E-state index in [1.165, 1.54) is 0 Å². The van der Waals surface area contributed by atoms with Crippen molar-refractivity contribution >= 4 is 0 Å². The van der Waals surface area contributed by atoms with Crippen LogP contribution in [0, 0.1) is 0 Å². The van der Waals surface area contributed by atoms with Gasteiger partial charge in [-0.1, -0.05) is 6.92 Å². The SMILES string of the molecule is CCCN(CCO)NC. The monoisotopic (exact) mass is 132 g/mol. The molecule has 0 saturated carbocycles. The van der Waals surface area contributed by atoms with E-state index >= 15 is 0 Å². The van der Waals surface area contributed by atoms with Crippen molar-refractivity contribution in [1.82, 2.24) is 10.4 Å². The topological polar surface area (TPSA) is 35.5 Å². The van der Waals surface area contributed by atoms with Crippen molar-refractivity contribution < 1.29 is 5.11 Å². The lowest BCUT2D eigenvalue weighted by molar-refractivity contribution is 0.156. The van der Waals surface area contributed by atoms with Gasteiger partial charge in [-0.25, -0.2) is 5.01 Å². The Labute approximate surface area is 56.6 Å². The Bertz CT molecular complexity index is 53.0. The van der Waals surface area contributed by atoms with Crippen LogP contribution in [-0.4, -0.2) is 36.9 Å². The van der Waals surface area contributed by atoms with Crippen molar-refractivity contribution in [3.8, 4) is 0 Å². The van der Waals surface area contributed by atoms with Gasteiger partial charge in [0.2, 0.25) is 0 Å². The van der Waals surface area contributed by atoms with Gasteiger partial charge < -0.3 is 5.11 Å². The fraction of sp³-hybridized carbons (Fsp3) is 1.00. The standard InChI is InChI=1S/C6H16N2O/c1-3-4-8(7-2)5-6-9/h7,9H,3-6H2,1-2H3. The number of nitrogens with one attached hydrogen (secondary N) is 1. The fourth-order valence-corrected chi connectivity index (χ4v) is 0.726. The number of nitrogens with zero attached hydrogens (tertiary/aromatic N) is 1. The summed E-state index contributed by atoms with van der Waals surface area (Å²) >= 11 is 0. The van der Waals surface area contributed by atoms with E-state index in [4.69, 9.17) is 5.11 Å². The first-order valence-corrected chi connectivity index (χ1v) is 3.38. The van der Waals surface area contributed by atoms with Gasteiger partial charge in [-0.2, -0.15) is 0 Å². The van der Waals surface area contributed by atoms with Gasteiger partial charge in [0.25, 0.3) is 0 Å². The molecule has 0 fully saturated rings. The lowest BCUT2D eigenvalue weighted by Crippen LogP contribution is -2.37. The molecule has 9 heavy (non-hydrogen) atoms. The van der Waals surface area contributed by atoms with E-state index in [9.17, 15) is 0 Å². The number of hydrogen-bond donors (Lipinski definition) is 2. The molecule has 0 bridgehead atoms. The molecular formula is C6H16N2O. The van der Waals surface area contributed by atoms with E-state index in [0.29, 0.717) is 6.54 Å². The van der Waals surface area contributed by atoms with Crippen LogP contribution >= 0.6 is 0 Å². The van der Waals surface area contributed by atoms with Crippen LogP contribution in [0.15, 0.2) is 0 Å². The summed E-state index contributed by atoms with van der Waals surface area (Å²) in [5.41, 5.74) is 2.98. The van der Waals surface area contributed by atoms with Crippen LogP contribution in [0.1, 0.15) is 13.3 Å². The molecule has 0 atom stereocenters. The lowest BCUT2D eigenvalue weighted by atomic mass is 10.4. The molecule has 0 spiro atoms. The Morgan fingerprint density at radius 3 is 2.44 bits per heavy atom. The largest absolute Gasteiger partial charge is 0.395 e. The van der Waals surface area contributed by atoms with Crippen LogP contribution in [0.2, 0.25) is 0 Å². The molecule has 0 amide bonds. The number of hydrazine groups is 1. The molecule has 0 aromatic rings. The molecule has 0 unspecified atom stereocenters. The number of rotatable bonds is 5. The number of hydrogen-bond acceptors (Lipinski definition) is 3. The van der Waals surface area contributed by atoms with Gasteiger partial charge in [-0.3, -0.25) is 5.43 Å². The van der Waals surface area contributed by atoms with Crippen molar-refractivity contribution in [3.63, 3.8) is 0 Å². The van der Waals surface area contributed by atoms with Crippen molar-refractivity contribution in [3.05, 3.63) is 0 Å². The average molecular weight is 132 g/mol. The first-order valence-electron chi connectivity index (χ1n) is 3.38. The molecule has 0 aromatic carbocycles. The summed E-state index contributed by atoms with van der Waals surface area (Å²) in [6.45, 7) is 4.05. The fourth-order valence-electron chi connectivity index (χ4n) is 0.726.